The molecule has 5 nitrogen and oxygen atoms in total. The van der Waals surface area contributed by atoms with E-state index in [2.05, 4.69) is 10.5 Å². The Morgan fingerprint density at radius 2 is 1.88 bits per heavy atom. The monoisotopic (exact) mass is 340 g/mol. The topological polar surface area (TPSA) is 75.4 Å². The molecule has 1 amide bonds. The standard InChI is InChI=1S/C19H17FN2O3/c1-19(24,14-5-3-2-4-6-14)12-21-18(23)16-11-17(25-22-16)13-7-9-15(20)10-8-13/h2-11,24H,12H2,1H3,(H,21,23). The summed E-state index contributed by atoms with van der Waals surface area (Å²) in [6, 6.07) is 16.2. The third-order valence-corrected chi connectivity index (χ3v) is 3.86. The fourth-order valence-corrected chi connectivity index (χ4v) is 2.37. The zero-order chi connectivity index (χ0) is 17.9. The number of hydrogen-bond acceptors (Lipinski definition) is 4. The van der Waals surface area contributed by atoms with Crippen LogP contribution in [0.15, 0.2) is 65.2 Å². The minimum Gasteiger partial charge on any atom is -0.384 e. The zero-order valence-corrected chi connectivity index (χ0v) is 13.6. The van der Waals surface area contributed by atoms with E-state index in [0.29, 0.717) is 16.9 Å². The van der Waals surface area contributed by atoms with Crippen molar-refractivity contribution in [3.8, 4) is 11.3 Å². The molecule has 0 aliphatic rings. The first-order valence-corrected chi connectivity index (χ1v) is 7.74. The van der Waals surface area contributed by atoms with Crippen LogP contribution in [-0.4, -0.2) is 22.7 Å². The number of rotatable bonds is 5. The Kier molecular flexibility index (Phi) is 4.63. The van der Waals surface area contributed by atoms with Crippen molar-refractivity contribution in [2.45, 2.75) is 12.5 Å². The molecule has 3 aromatic rings. The number of aromatic nitrogens is 1. The summed E-state index contributed by atoms with van der Waals surface area (Å²) < 4.78 is 18.1. The number of nitrogens with one attached hydrogen (secondary N) is 1. The molecule has 0 fully saturated rings. The predicted molar refractivity (Wildman–Crippen MR) is 90.2 cm³/mol. The lowest BCUT2D eigenvalue weighted by Gasteiger charge is -2.23. The Morgan fingerprint density at radius 1 is 1.20 bits per heavy atom. The van der Waals surface area contributed by atoms with E-state index in [1.807, 2.05) is 18.2 Å². The van der Waals surface area contributed by atoms with E-state index in [1.54, 1.807) is 19.1 Å². The van der Waals surface area contributed by atoms with Crippen molar-refractivity contribution in [2.75, 3.05) is 6.54 Å². The van der Waals surface area contributed by atoms with Gasteiger partial charge in [0.2, 0.25) is 0 Å². The van der Waals surface area contributed by atoms with E-state index in [-0.39, 0.29) is 18.1 Å². The van der Waals surface area contributed by atoms with Crippen molar-refractivity contribution in [2.24, 2.45) is 0 Å². The maximum absolute atomic E-state index is 13.0. The van der Waals surface area contributed by atoms with Crippen LogP contribution in [0.2, 0.25) is 0 Å². The molecule has 3 rings (SSSR count). The van der Waals surface area contributed by atoms with E-state index in [1.165, 1.54) is 30.3 Å². The molecule has 128 valence electrons. The number of nitrogens with zero attached hydrogens (tertiary/aromatic N) is 1. The van der Waals surface area contributed by atoms with Crippen molar-refractivity contribution in [3.63, 3.8) is 0 Å². The van der Waals surface area contributed by atoms with Crippen molar-refractivity contribution < 1.29 is 18.8 Å². The maximum Gasteiger partial charge on any atom is 0.273 e. The van der Waals surface area contributed by atoms with Gasteiger partial charge in [-0.15, -0.1) is 0 Å². The molecule has 0 bridgehead atoms. The van der Waals surface area contributed by atoms with Gasteiger partial charge in [-0.05, 0) is 36.8 Å². The summed E-state index contributed by atoms with van der Waals surface area (Å²) in [7, 11) is 0. The minimum absolute atomic E-state index is 0.0224. The average Bonchev–Trinajstić information content (AvgIpc) is 3.11. The van der Waals surface area contributed by atoms with E-state index in [0.717, 1.165) is 0 Å². The molecule has 0 radical (unpaired) electrons. The lowest BCUT2D eigenvalue weighted by Crippen LogP contribution is -2.38. The van der Waals surface area contributed by atoms with Crippen molar-refractivity contribution in [3.05, 3.63) is 77.7 Å². The molecule has 0 saturated heterocycles. The summed E-state index contributed by atoms with van der Waals surface area (Å²) in [4.78, 5) is 12.2. The van der Waals surface area contributed by atoms with E-state index in [4.69, 9.17) is 4.52 Å². The number of hydrogen-bond donors (Lipinski definition) is 2. The Morgan fingerprint density at radius 3 is 2.56 bits per heavy atom. The molecule has 1 atom stereocenters. The molecule has 0 aliphatic heterocycles. The van der Waals surface area contributed by atoms with Gasteiger partial charge in [-0.25, -0.2) is 4.39 Å². The number of aliphatic hydroxyl groups is 1. The second-order valence-electron chi connectivity index (χ2n) is 5.91. The fraction of sp³-hybridized carbons (Fsp3) is 0.158. The Labute approximate surface area is 144 Å². The first-order valence-electron chi connectivity index (χ1n) is 7.74. The normalized spacial score (nSPS) is 13.2. The molecule has 1 aromatic heterocycles. The van der Waals surface area contributed by atoms with Crippen LogP contribution in [-0.2, 0) is 5.60 Å². The second kappa shape index (κ2) is 6.86. The number of carbonyl (C=O) groups excluding carboxylic acids is 1. The van der Waals surface area contributed by atoms with Crippen LogP contribution in [0.25, 0.3) is 11.3 Å². The minimum atomic E-state index is -1.21. The summed E-state index contributed by atoms with van der Waals surface area (Å²) in [5, 5.41) is 16.9. The zero-order valence-electron chi connectivity index (χ0n) is 13.6. The van der Waals surface area contributed by atoms with Gasteiger partial charge in [-0.1, -0.05) is 35.5 Å². The molecule has 6 heteroatoms. The molecule has 25 heavy (non-hydrogen) atoms. The molecule has 2 N–H and O–H groups in total. The first kappa shape index (κ1) is 16.9. The summed E-state index contributed by atoms with van der Waals surface area (Å²) in [6.45, 7) is 1.64. The highest BCUT2D eigenvalue weighted by Gasteiger charge is 2.24. The molecular weight excluding hydrogens is 323 g/mol. The lowest BCUT2D eigenvalue weighted by atomic mass is 9.96. The highest BCUT2D eigenvalue weighted by atomic mass is 19.1. The molecule has 1 unspecified atom stereocenters. The van der Waals surface area contributed by atoms with Crippen LogP contribution in [0, 0.1) is 5.82 Å². The largest absolute Gasteiger partial charge is 0.384 e. The van der Waals surface area contributed by atoms with Crippen molar-refractivity contribution in [1.29, 1.82) is 0 Å². The van der Waals surface area contributed by atoms with Gasteiger partial charge >= 0.3 is 0 Å². The van der Waals surface area contributed by atoms with Gasteiger partial charge in [-0.3, -0.25) is 4.79 Å². The van der Waals surface area contributed by atoms with Gasteiger partial charge < -0.3 is 14.9 Å². The van der Waals surface area contributed by atoms with Gasteiger partial charge in [0.25, 0.3) is 5.91 Å². The number of halogens is 1. The summed E-state index contributed by atoms with van der Waals surface area (Å²) in [5.74, 6) is -0.460. The second-order valence-corrected chi connectivity index (χ2v) is 5.91. The lowest BCUT2D eigenvalue weighted by molar-refractivity contribution is 0.0524. The van der Waals surface area contributed by atoms with Crippen LogP contribution in [0.1, 0.15) is 23.0 Å². The first-order chi connectivity index (χ1) is 12.0. The van der Waals surface area contributed by atoms with Crippen LogP contribution in [0.5, 0.6) is 0 Å². The fourth-order valence-electron chi connectivity index (χ4n) is 2.37. The van der Waals surface area contributed by atoms with Gasteiger partial charge in [0, 0.05) is 11.6 Å². The van der Waals surface area contributed by atoms with E-state index >= 15 is 0 Å². The highest BCUT2D eigenvalue weighted by molar-refractivity contribution is 5.93. The molecule has 0 aliphatic carbocycles. The average molecular weight is 340 g/mol. The highest BCUT2D eigenvalue weighted by Crippen LogP contribution is 2.21. The molecule has 0 spiro atoms. The van der Waals surface area contributed by atoms with Crippen LogP contribution >= 0.6 is 0 Å². The number of amides is 1. The Bertz CT molecular complexity index is 858. The summed E-state index contributed by atoms with van der Waals surface area (Å²) >= 11 is 0. The van der Waals surface area contributed by atoms with Gasteiger partial charge in [0.1, 0.15) is 11.4 Å². The van der Waals surface area contributed by atoms with Crippen LogP contribution in [0.3, 0.4) is 0 Å². The number of benzene rings is 2. The van der Waals surface area contributed by atoms with Crippen molar-refractivity contribution in [1.82, 2.24) is 10.5 Å². The van der Waals surface area contributed by atoms with Crippen molar-refractivity contribution >= 4 is 5.91 Å². The third-order valence-electron chi connectivity index (χ3n) is 3.86. The van der Waals surface area contributed by atoms with E-state index < -0.39 is 11.5 Å². The van der Waals surface area contributed by atoms with Gasteiger partial charge in [0.05, 0.1) is 6.54 Å². The predicted octanol–water partition coefficient (Wildman–Crippen LogP) is 3.12. The van der Waals surface area contributed by atoms with E-state index in [9.17, 15) is 14.3 Å². The smallest absolute Gasteiger partial charge is 0.273 e. The molecule has 0 saturated carbocycles. The molecular formula is C19H17FN2O3. The SMILES string of the molecule is CC(O)(CNC(=O)c1cc(-c2ccc(F)cc2)on1)c1ccccc1. The maximum atomic E-state index is 13.0. The Balaban J connectivity index is 1.67. The quantitative estimate of drug-likeness (QED) is 0.748. The van der Waals surface area contributed by atoms with Gasteiger partial charge in [0.15, 0.2) is 11.5 Å². The molecule has 2 aromatic carbocycles. The summed E-state index contributed by atoms with van der Waals surface area (Å²) in [5.41, 5.74) is 0.190. The third kappa shape index (κ3) is 3.92. The molecule has 1 heterocycles. The van der Waals surface area contributed by atoms with Gasteiger partial charge in [-0.2, -0.15) is 0 Å². The summed E-state index contributed by atoms with van der Waals surface area (Å²) in [6.07, 6.45) is 0. The van der Waals surface area contributed by atoms with Crippen LogP contribution in [0.4, 0.5) is 4.39 Å². The van der Waals surface area contributed by atoms with Crippen LogP contribution < -0.4 is 5.32 Å². The Hall–Kier alpha value is -2.99. The number of carbonyl (C=O) groups is 1.